The first kappa shape index (κ1) is 16.6. The molecule has 0 radical (unpaired) electrons. The number of hydrogen-bond acceptors (Lipinski definition) is 4. The zero-order chi connectivity index (χ0) is 15.0. The Bertz CT molecular complexity index is 448. The minimum absolute atomic E-state index is 0.00990. The van der Waals surface area contributed by atoms with E-state index in [2.05, 4.69) is 5.32 Å². The van der Waals surface area contributed by atoms with Gasteiger partial charge in [0.1, 0.15) is 4.99 Å². The Morgan fingerprint density at radius 3 is 2.60 bits per heavy atom. The average Bonchev–Trinajstić information content (AvgIpc) is 2.39. The third-order valence-electron chi connectivity index (χ3n) is 2.73. The molecule has 0 aliphatic carbocycles. The highest BCUT2D eigenvalue weighted by Crippen LogP contribution is 2.06. The Morgan fingerprint density at radius 1 is 1.40 bits per heavy atom. The summed E-state index contributed by atoms with van der Waals surface area (Å²) in [5.41, 5.74) is 7.51. The number of methoxy groups -OCH3 is 1. The number of nitrogens with two attached hydrogens (primary N) is 1. The van der Waals surface area contributed by atoms with Crippen molar-refractivity contribution in [2.24, 2.45) is 5.73 Å². The lowest BCUT2D eigenvalue weighted by Gasteiger charge is -2.16. The number of hydrogen-bond donors (Lipinski definition) is 2. The van der Waals surface area contributed by atoms with Crippen LogP contribution in [0.2, 0.25) is 0 Å². The topological polar surface area (TPSA) is 67.6 Å². The van der Waals surface area contributed by atoms with Gasteiger partial charge in [-0.15, -0.1) is 0 Å². The van der Waals surface area contributed by atoms with E-state index in [4.69, 9.17) is 22.7 Å². The first-order valence-electron chi connectivity index (χ1n) is 6.36. The van der Waals surface area contributed by atoms with Crippen molar-refractivity contribution >= 4 is 23.1 Å². The van der Waals surface area contributed by atoms with Gasteiger partial charge in [0.25, 0.3) is 0 Å². The standard InChI is InChI=1S/C14H21N3O2S/c1-17(10-13(18)16-7-8-19-2)9-11-3-5-12(6-4-11)14(15)20/h3-6H,7-10H2,1-2H3,(H2,15,20)(H,16,18). The lowest BCUT2D eigenvalue weighted by atomic mass is 10.1. The smallest absolute Gasteiger partial charge is 0.234 e. The third kappa shape index (κ3) is 6.10. The largest absolute Gasteiger partial charge is 0.389 e. The van der Waals surface area contributed by atoms with Gasteiger partial charge in [-0.25, -0.2) is 0 Å². The zero-order valence-corrected chi connectivity index (χ0v) is 12.7. The summed E-state index contributed by atoms with van der Waals surface area (Å²) >= 11 is 4.90. The molecule has 0 aromatic heterocycles. The second-order valence-electron chi connectivity index (χ2n) is 4.58. The van der Waals surface area contributed by atoms with Crippen molar-refractivity contribution in [3.05, 3.63) is 35.4 Å². The molecule has 0 fully saturated rings. The second kappa shape index (κ2) is 8.63. The molecule has 0 saturated carbocycles. The van der Waals surface area contributed by atoms with E-state index < -0.39 is 0 Å². The molecule has 0 atom stereocenters. The number of nitrogens with one attached hydrogen (secondary N) is 1. The lowest BCUT2D eigenvalue weighted by molar-refractivity contribution is -0.122. The minimum Gasteiger partial charge on any atom is -0.389 e. The summed E-state index contributed by atoms with van der Waals surface area (Å²) in [5.74, 6) is -0.00990. The molecular weight excluding hydrogens is 274 g/mol. The Balaban J connectivity index is 2.39. The maximum atomic E-state index is 11.6. The van der Waals surface area contributed by atoms with E-state index in [0.29, 0.717) is 31.2 Å². The maximum absolute atomic E-state index is 11.6. The summed E-state index contributed by atoms with van der Waals surface area (Å²) in [5, 5.41) is 2.79. The number of nitrogens with zero attached hydrogens (tertiary/aromatic N) is 1. The van der Waals surface area contributed by atoms with Gasteiger partial charge in [-0.2, -0.15) is 0 Å². The number of carbonyl (C=O) groups is 1. The fourth-order valence-electron chi connectivity index (χ4n) is 1.74. The molecule has 6 heteroatoms. The fourth-order valence-corrected chi connectivity index (χ4v) is 1.87. The molecule has 110 valence electrons. The van der Waals surface area contributed by atoms with Gasteiger partial charge in [-0.05, 0) is 12.6 Å². The number of carbonyl (C=O) groups excluding carboxylic acids is 1. The molecule has 1 rings (SSSR count). The van der Waals surface area contributed by atoms with Gasteiger partial charge in [0.15, 0.2) is 0 Å². The molecule has 0 unspecified atom stereocenters. The van der Waals surface area contributed by atoms with E-state index in [0.717, 1.165) is 11.1 Å². The quantitative estimate of drug-likeness (QED) is 0.540. The van der Waals surface area contributed by atoms with E-state index >= 15 is 0 Å². The van der Waals surface area contributed by atoms with E-state index in [1.165, 1.54) is 0 Å². The van der Waals surface area contributed by atoms with Crippen molar-refractivity contribution in [1.82, 2.24) is 10.2 Å². The van der Waals surface area contributed by atoms with Crippen LogP contribution in [0.15, 0.2) is 24.3 Å². The van der Waals surface area contributed by atoms with Gasteiger partial charge >= 0.3 is 0 Å². The summed E-state index contributed by atoms with van der Waals surface area (Å²) in [6, 6.07) is 7.72. The van der Waals surface area contributed by atoms with Crippen LogP contribution in [0.1, 0.15) is 11.1 Å². The predicted octanol–water partition coefficient (Wildman–Crippen LogP) is 0.515. The van der Waals surface area contributed by atoms with Crippen LogP contribution in [0.4, 0.5) is 0 Å². The van der Waals surface area contributed by atoms with Crippen molar-refractivity contribution in [3.63, 3.8) is 0 Å². The average molecular weight is 295 g/mol. The van der Waals surface area contributed by atoms with Crippen LogP contribution in [-0.4, -0.2) is 49.6 Å². The molecule has 0 heterocycles. The van der Waals surface area contributed by atoms with Crippen LogP contribution in [0, 0.1) is 0 Å². The van der Waals surface area contributed by atoms with E-state index in [1.54, 1.807) is 7.11 Å². The molecule has 0 aliphatic heterocycles. The second-order valence-corrected chi connectivity index (χ2v) is 5.02. The first-order chi connectivity index (χ1) is 9.52. The highest BCUT2D eigenvalue weighted by atomic mass is 32.1. The highest BCUT2D eigenvalue weighted by Gasteiger charge is 2.07. The molecule has 0 bridgehead atoms. The van der Waals surface area contributed by atoms with Crippen molar-refractivity contribution in [3.8, 4) is 0 Å². The number of rotatable bonds is 8. The van der Waals surface area contributed by atoms with Crippen molar-refractivity contribution in [2.75, 3.05) is 33.9 Å². The van der Waals surface area contributed by atoms with Crippen LogP contribution in [-0.2, 0) is 16.1 Å². The predicted molar refractivity (Wildman–Crippen MR) is 83.5 cm³/mol. The first-order valence-corrected chi connectivity index (χ1v) is 6.76. The summed E-state index contributed by atoms with van der Waals surface area (Å²) < 4.78 is 4.87. The molecule has 1 aromatic rings. The van der Waals surface area contributed by atoms with Crippen LogP contribution >= 0.6 is 12.2 Å². The molecular formula is C14H21N3O2S. The number of amides is 1. The monoisotopic (exact) mass is 295 g/mol. The van der Waals surface area contributed by atoms with Crippen molar-refractivity contribution in [2.45, 2.75) is 6.54 Å². The number of thiocarbonyl (C=S) groups is 1. The molecule has 5 nitrogen and oxygen atoms in total. The van der Waals surface area contributed by atoms with Gasteiger partial charge in [0.2, 0.25) is 5.91 Å². The Morgan fingerprint density at radius 2 is 2.05 bits per heavy atom. The number of ether oxygens (including phenoxy) is 1. The van der Waals surface area contributed by atoms with E-state index in [1.807, 2.05) is 36.2 Å². The number of likely N-dealkylation sites (N-methyl/N-ethyl adjacent to an activating group) is 1. The van der Waals surface area contributed by atoms with E-state index in [9.17, 15) is 4.79 Å². The van der Waals surface area contributed by atoms with Gasteiger partial charge < -0.3 is 15.8 Å². The van der Waals surface area contributed by atoms with Gasteiger partial charge in [0, 0.05) is 25.8 Å². The van der Waals surface area contributed by atoms with Crippen LogP contribution in [0.3, 0.4) is 0 Å². The van der Waals surface area contributed by atoms with Crippen LogP contribution in [0.25, 0.3) is 0 Å². The number of benzene rings is 1. The Hall–Kier alpha value is -1.50. The lowest BCUT2D eigenvalue weighted by Crippen LogP contribution is -2.36. The Labute approximate surface area is 125 Å². The molecule has 0 aliphatic rings. The fraction of sp³-hybridized carbons (Fsp3) is 0.429. The maximum Gasteiger partial charge on any atom is 0.234 e. The summed E-state index contributed by atoms with van der Waals surface area (Å²) in [6.45, 7) is 2.10. The third-order valence-corrected chi connectivity index (χ3v) is 2.97. The van der Waals surface area contributed by atoms with Crippen molar-refractivity contribution < 1.29 is 9.53 Å². The highest BCUT2D eigenvalue weighted by molar-refractivity contribution is 7.80. The summed E-state index contributed by atoms with van der Waals surface area (Å²) in [7, 11) is 3.51. The summed E-state index contributed by atoms with van der Waals surface area (Å²) in [4.78, 5) is 14.0. The van der Waals surface area contributed by atoms with Gasteiger partial charge in [0.05, 0.1) is 13.2 Å². The normalized spacial score (nSPS) is 10.6. The molecule has 0 spiro atoms. The van der Waals surface area contributed by atoms with Gasteiger partial charge in [-0.3, -0.25) is 9.69 Å². The van der Waals surface area contributed by atoms with E-state index in [-0.39, 0.29) is 5.91 Å². The summed E-state index contributed by atoms with van der Waals surface area (Å²) in [6.07, 6.45) is 0. The zero-order valence-electron chi connectivity index (χ0n) is 11.9. The van der Waals surface area contributed by atoms with Crippen LogP contribution < -0.4 is 11.1 Å². The minimum atomic E-state index is -0.00990. The molecule has 0 saturated heterocycles. The Kier molecular flexibility index (Phi) is 7.14. The van der Waals surface area contributed by atoms with Crippen LogP contribution in [0.5, 0.6) is 0 Å². The molecule has 20 heavy (non-hydrogen) atoms. The SMILES string of the molecule is COCCNC(=O)CN(C)Cc1ccc(C(N)=S)cc1. The van der Waals surface area contributed by atoms with Crippen molar-refractivity contribution in [1.29, 1.82) is 0 Å². The van der Waals surface area contributed by atoms with Gasteiger partial charge in [-0.1, -0.05) is 36.5 Å². The molecule has 1 amide bonds. The molecule has 3 N–H and O–H groups in total. The molecule has 1 aromatic carbocycles.